The van der Waals surface area contributed by atoms with Crippen LogP contribution >= 0.6 is 0 Å². The Hall–Kier alpha value is -0.170. The van der Waals surface area contributed by atoms with Crippen molar-refractivity contribution < 1.29 is 13.2 Å². The monoisotopic (exact) mass is 276 g/mol. The average molecular weight is 276 g/mol. The fraction of sp³-hybridized carbons (Fsp3) is 1.00. The van der Waals surface area contributed by atoms with E-state index in [-0.39, 0.29) is 11.8 Å². The highest BCUT2D eigenvalue weighted by molar-refractivity contribution is 7.89. The molecule has 2 fully saturated rings. The van der Waals surface area contributed by atoms with Crippen molar-refractivity contribution in [1.29, 1.82) is 0 Å². The van der Waals surface area contributed by atoms with E-state index in [1.165, 1.54) is 0 Å². The summed E-state index contributed by atoms with van der Waals surface area (Å²) in [5.74, 6) is 0.819. The first kappa shape index (κ1) is 14.2. The summed E-state index contributed by atoms with van der Waals surface area (Å²) < 4.78 is 32.0. The maximum Gasteiger partial charge on any atom is 0.211 e. The van der Waals surface area contributed by atoms with Crippen LogP contribution in [0.4, 0.5) is 0 Å². The number of ether oxygens (including phenoxy) is 1. The molecule has 2 aliphatic heterocycles. The Labute approximate surface area is 110 Å². The van der Waals surface area contributed by atoms with Gasteiger partial charge in [0.25, 0.3) is 0 Å². The summed E-state index contributed by atoms with van der Waals surface area (Å²) >= 11 is 0. The van der Waals surface area contributed by atoms with Crippen molar-refractivity contribution in [3.63, 3.8) is 0 Å². The number of rotatable bonds is 5. The molecule has 0 saturated carbocycles. The van der Waals surface area contributed by atoms with Crippen molar-refractivity contribution in [2.45, 2.75) is 38.1 Å². The smallest absolute Gasteiger partial charge is 0.211 e. The van der Waals surface area contributed by atoms with Crippen molar-refractivity contribution in [3.8, 4) is 0 Å². The molecule has 0 amide bonds. The fourth-order valence-corrected chi connectivity index (χ4v) is 4.09. The van der Waals surface area contributed by atoms with Crippen LogP contribution in [0, 0.1) is 5.92 Å². The summed E-state index contributed by atoms with van der Waals surface area (Å²) in [6.07, 6.45) is 4.82. The van der Waals surface area contributed by atoms with Gasteiger partial charge in [-0.1, -0.05) is 0 Å². The molecule has 0 bridgehead atoms. The molecule has 18 heavy (non-hydrogen) atoms. The van der Waals surface area contributed by atoms with Gasteiger partial charge in [-0.05, 0) is 51.1 Å². The number of hydrogen-bond acceptors (Lipinski definition) is 4. The van der Waals surface area contributed by atoms with Crippen molar-refractivity contribution in [2.24, 2.45) is 5.92 Å². The molecule has 2 heterocycles. The number of nitrogens with one attached hydrogen (secondary N) is 2. The molecule has 0 aromatic heterocycles. The van der Waals surface area contributed by atoms with Gasteiger partial charge in [-0.3, -0.25) is 0 Å². The minimum Gasteiger partial charge on any atom is -0.380 e. The van der Waals surface area contributed by atoms with Crippen LogP contribution in [-0.4, -0.2) is 46.5 Å². The van der Waals surface area contributed by atoms with Gasteiger partial charge in [-0.25, -0.2) is 13.1 Å². The molecule has 2 saturated heterocycles. The van der Waals surface area contributed by atoms with E-state index in [1.54, 1.807) is 0 Å². The molecule has 1 atom stereocenters. The molecule has 2 aliphatic rings. The maximum atomic E-state index is 12.0. The van der Waals surface area contributed by atoms with Gasteiger partial charge in [-0.15, -0.1) is 0 Å². The lowest BCUT2D eigenvalue weighted by Crippen LogP contribution is -2.42. The molecule has 0 aromatic rings. The van der Waals surface area contributed by atoms with Crippen LogP contribution < -0.4 is 10.0 Å². The van der Waals surface area contributed by atoms with Gasteiger partial charge in [0.1, 0.15) is 0 Å². The molecule has 6 heteroatoms. The first-order valence-electron chi connectivity index (χ1n) is 6.94. The zero-order valence-corrected chi connectivity index (χ0v) is 11.7. The van der Waals surface area contributed by atoms with Crippen LogP contribution in [0.3, 0.4) is 0 Å². The molecule has 2 N–H and O–H groups in total. The molecule has 0 spiro atoms. The summed E-state index contributed by atoms with van der Waals surface area (Å²) in [6, 6.07) is -0.0169. The minimum atomic E-state index is -3.13. The van der Waals surface area contributed by atoms with Gasteiger partial charge in [0, 0.05) is 12.6 Å². The second kappa shape index (κ2) is 6.84. The van der Waals surface area contributed by atoms with Crippen molar-refractivity contribution in [2.75, 3.05) is 32.1 Å². The molecule has 1 unspecified atom stereocenters. The first-order chi connectivity index (χ1) is 8.66. The van der Waals surface area contributed by atoms with E-state index in [1.807, 2.05) is 0 Å². The summed E-state index contributed by atoms with van der Waals surface area (Å²) in [6.45, 7) is 3.32. The fourth-order valence-electron chi connectivity index (χ4n) is 2.64. The van der Waals surface area contributed by atoms with E-state index >= 15 is 0 Å². The Morgan fingerprint density at radius 3 is 2.67 bits per heavy atom. The lowest BCUT2D eigenvalue weighted by molar-refractivity contribution is 0.0774. The lowest BCUT2D eigenvalue weighted by Gasteiger charge is -2.25. The van der Waals surface area contributed by atoms with Crippen molar-refractivity contribution >= 4 is 10.0 Å². The largest absolute Gasteiger partial charge is 0.380 e. The van der Waals surface area contributed by atoms with Crippen LogP contribution in [0.15, 0.2) is 0 Å². The van der Waals surface area contributed by atoms with E-state index in [2.05, 4.69) is 10.0 Å². The predicted octanol–water partition coefficient (Wildman–Crippen LogP) is 0.475. The Morgan fingerprint density at radius 1 is 1.22 bits per heavy atom. The predicted molar refractivity (Wildman–Crippen MR) is 71.0 cm³/mol. The van der Waals surface area contributed by atoms with E-state index in [0.29, 0.717) is 12.5 Å². The van der Waals surface area contributed by atoms with Crippen LogP contribution in [0.5, 0.6) is 0 Å². The Kier molecular flexibility index (Phi) is 5.41. The van der Waals surface area contributed by atoms with Gasteiger partial charge in [-0.2, -0.15) is 0 Å². The summed E-state index contributed by atoms with van der Waals surface area (Å²) in [5, 5.41) is 3.30. The highest BCUT2D eigenvalue weighted by Crippen LogP contribution is 2.17. The summed E-state index contributed by atoms with van der Waals surface area (Å²) in [5.41, 5.74) is 0. The minimum absolute atomic E-state index is 0.0169. The third kappa shape index (κ3) is 4.84. The Bertz CT molecular complexity index is 333. The zero-order valence-electron chi connectivity index (χ0n) is 10.9. The van der Waals surface area contributed by atoms with E-state index in [0.717, 1.165) is 51.8 Å². The maximum absolute atomic E-state index is 12.0. The van der Waals surface area contributed by atoms with Gasteiger partial charge < -0.3 is 10.1 Å². The molecule has 0 aromatic carbocycles. The second-order valence-electron chi connectivity index (χ2n) is 5.33. The number of piperidine rings is 1. The average Bonchev–Trinajstić information content (AvgIpc) is 2.38. The van der Waals surface area contributed by atoms with Crippen LogP contribution in [0.1, 0.15) is 32.1 Å². The van der Waals surface area contributed by atoms with Crippen molar-refractivity contribution in [1.82, 2.24) is 10.0 Å². The highest BCUT2D eigenvalue weighted by Gasteiger charge is 2.22. The lowest BCUT2D eigenvalue weighted by atomic mass is 9.96. The topological polar surface area (TPSA) is 67.4 Å². The second-order valence-corrected chi connectivity index (χ2v) is 7.21. The van der Waals surface area contributed by atoms with Crippen LogP contribution in [-0.2, 0) is 14.8 Å². The van der Waals surface area contributed by atoms with Gasteiger partial charge >= 0.3 is 0 Å². The van der Waals surface area contributed by atoms with Crippen molar-refractivity contribution in [3.05, 3.63) is 0 Å². The van der Waals surface area contributed by atoms with Gasteiger partial charge in [0.2, 0.25) is 10.0 Å². The quantitative estimate of drug-likeness (QED) is 0.766. The molecular weight excluding hydrogens is 252 g/mol. The zero-order chi connectivity index (χ0) is 12.8. The van der Waals surface area contributed by atoms with Gasteiger partial charge in [0.05, 0.1) is 12.4 Å². The molecule has 5 nitrogen and oxygen atoms in total. The first-order valence-corrected chi connectivity index (χ1v) is 8.59. The van der Waals surface area contributed by atoms with E-state index in [4.69, 9.17) is 4.74 Å². The Balaban J connectivity index is 1.72. The van der Waals surface area contributed by atoms with E-state index < -0.39 is 10.0 Å². The summed E-state index contributed by atoms with van der Waals surface area (Å²) in [4.78, 5) is 0. The van der Waals surface area contributed by atoms with Crippen LogP contribution in [0.25, 0.3) is 0 Å². The number of hydrogen-bond donors (Lipinski definition) is 2. The van der Waals surface area contributed by atoms with Crippen LogP contribution in [0.2, 0.25) is 0 Å². The molecule has 0 radical (unpaired) electrons. The highest BCUT2D eigenvalue weighted by atomic mass is 32.2. The normalized spacial score (nSPS) is 27.2. The third-order valence-corrected chi connectivity index (χ3v) is 5.23. The van der Waals surface area contributed by atoms with Gasteiger partial charge in [0.15, 0.2) is 0 Å². The summed E-state index contributed by atoms with van der Waals surface area (Å²) in [7, 11) is -3.13. The third-order valence-electron chi connectivity index (χ3n) is 3.76. The SMILES string of the molecule is O=S(=O)(CCC1CCNCC1)NC1CCCOC1. The molecular formula is C12H24N2O3S. The molecule has 106 valence electrons. The number of sulfonamides is 1. The Morgan fingerprint density at radius 2 is 2.00 bits per heavy atom. The van der Waals surface area contributed by atoms with E-state index in [9.17, 15) is 8.42 Å². The molecule has 2 rings (SSSR count). The standard InChI is InChI=1S/C12H24N2O3S/c15-18(16,14-12-2-1-8-17-10-12)9-5-11-3-6-13-7-4-11/h11-14H,1-10H2. The molecule has 0 aliphatic carbocycles.